The Kier molecular flexibility index (Phi) is 7.24. The lowest BCUT2D eigenvalue weighted by Crippen LogP contribution is -2.36. The van der Waals surface area contributed by atoms with E-state index in [2.05, 4.69) is 40.0 Å². The summed E-state index contributed by atoms with van der Waals surface area (Å²) in [6.07, 6.45) is 1.73. The van der Waals surface area contributed by atoms with Crippen molar-refractivity contribution in [1.82, 2.24) is 5.32 Å². The summed E-state index contributed by atoms with van der Waals surface area (Å²) < 4.78 is 6.00. The number of esters is 1. The van der Waals surface area contributed by atoms with Gasteiger partial charge in [-0.05, 0) is 66.1 Å². The Balaban J connectivity index is 1.71. The third kappa shape index (κ3) is 6.31. The fourth-order valence-electron chi connectivity index (χ4n) is 2.25. The van der Waals surface area contributed by atoms with Crippen LogP contribution in [0.25, 0.3) is 0 Å². The van der Waals surface area contributed by atoms with Crippen LogP contribution in [-0.2, 0) is 16.0 Å². The zero-order valence-corrected chi connectivity index (χ0v) is 15.7. The maximum Gasteiger partial charge on any atom is 0.338 e. The monoisotopic (exact) mass is 437 g/mol. The molecule has 0 spiro atoms. The highest BCUT2D eigenvalue weighted by Crippen LogP contribution is 2.09. The van der Waals surface area contributed by atoms with Crippen molar-refractivity contribution in [3.05, 3.63) is 69.3 Å². The molecule has 0 radical (unpaired) electrons. The number of halogens is 1. The van der Waals surface area contributed by atoms with Crippen molar-refractivity contribution in [2.75, 3.05) is 6.61 Å². The molecule has 0 aliphatic heterocycles. The van der Waals surface area contributed by atoms with Crippen molar-refractivity contribution in [2.45, 2.75) is 25.8 Å². The Morgan fingerprint density at radius 1 is 1.12 bits per heavy atom. The van der Waals surface area contributed by atoms with Gasteiger partial charge < -0.3 is 10.1 Å². The van der Waals surface area contributed by atoms with Gasteiger partial charge in [0, 0.05) is 9.61 Å². The summed E-state index contributed by atoms with van der Waals surface area (Å²) in [5.74, 6) is -0.768. The maximum absolute atomic E-state index is 11.9. The molecule has 1 amide bonds. The summed E-state index contributed by atoms with van der Waals surface area (Å²) in [5, 5.41) is 2.85. The first-order chi connectivity index (χ1) is 11.5. The van der Waals surface area contributed by atoms with Crippen LogP contribution in [0.15, 0.2) is 54.6 Å². The predicted octanol–water partition coefficient (Wildman–Crippen LogP) is 3.59. The fraction of sp³-hybridized carbons (Fsp3) is 0.263. The summed E-state index contributed by atoms with van der Waals surface area (Å²) >= 11 is 2.12. The lowest BCUT2D eigenvalue weighted by atomic mass is 10.1. The molecule has 0 fully saturated rings. The number of carbonyl (C=O) groups excluding carboxylic acids is 2. The zero-order chi connectivity index (χ0) is 17.4. The highest BCUT2D eigenvalue weighted by molar-refractivity contribution is 14.1. The lowest BCUT2D eigenvalue weighted by molar-refractivity contribution is -0.124. The number of aryl methyl sites for hydroxylation is 1. The molecule has 1 N–H and O–H groups in total. The second kappa shape index (κ2) is 9.42. The number of hydrogen-bond donors (Lipinski definition) is 1. The van der Waals surface area contributed by atoms with Crippen LogP contribution in [0.3, 0.4) is 0 Å². The maximum atomic E-state index is 11.9. The Morgan fingerprint density at radius 2 is 1.88 bits per heavy atom. The van der Waals surface area contributed by atoms with Crippen LogP contribution in [0.1, 0.15) is 29.3 Å². The fourth-order valence-corrected chi connectivity index (χ4v) is 2.79. The van der Waals surface area contributed by atoms with Gasteiger partial charge in [-0.1, -0.05) is 36.4 Å². The van der Waals surface area contributed by atoms with Crippen molar-refractivity contribution in [1.29, 1.82) is 0 Å². The highest BCUT2D eigenvalue weighted by atomic mass is 127. The van der Waals surface area contributed by atoms with Gasteiger partial charge in [0.1, 0.15) is 0 Å². The standard InChI is InChI=1S/C19H20INO3/c1-14(10-11-15-6-3-2-4-7-15)21-18(22)13-24-19(23)16-8-5-9-17(20)12-16/h2-9,12,14H,10-11,13H2,1H3,(H,21,22)/t14-/m0/s1. The Morgan fingerprint density at radius 3 is 2.58 bits per heavy atom. The van der Waals surface area contributed by atoms with Crippen LogP contribution in [-0.4, -0.2) is 24.5 Å². The Labute approximate surface area is 155 Å². The number of amides is 1. The van der Waals surface area contributed by atoms with Crippen molar-refractivity contribution in [2.24, 2.45) is 0 Å². The van der Waals surface area contributed by atoms with Crippen LogP contribution in [0.5, 0.6) is 0 Å². The van der Waals surface area contributed by atoms with Gasteiger partial charge in [0.2, 0.25) is 0 Å². The normalized spacial score (nSPS) is 11.6. The third-order valence-electron chi connectivity index (χ3n) is 3.51. The number of rotatable bonds is 7. The molecule has 0 aromatic heterocycles. The number of carbonyl (C=O) groups is 2. The molecule has 0 heterocycles. The van der Waals surface area contributed by atoms with Crippen LogP contribution in [0.2, 0.25) is 0 Å². The Bertz CT molecular complexity index is 688. The smallest absolute Gasteiger partial charge is 0.338 e. The second-order valence-electron chi connectivity index (χ2n) is 5.58. The average molecular weight is 437 g/mol. The van der Waals surface area contributed by atoms with E-state index in [0.717, 1.165) is 16.4 Å². The van der Waals surface area contributed by atoms with E-state index in [-0.39, 0.29) is 18.6 Å². The van der Waals surface area contributed by atoms with Crippen molar-refractivity contribution >= 4 is 34.5 Å². The molecule has 2 aromatic carbocycles. The molecule has 5 heteroatoms. The molecule has 24 heavy (non-hydrogen) atoms. The molecule has 0 bridgehead atoms. The molecule has 1 atom stereocenters. The molecule has 4 nitrogen and oxygen atoms in total. The van der Waals surface area contributed by atoms with Gasteiger partial charge in [-0.15, -0.1) is 0 Å². The summed E-state index contributed by atoms with van der Waals surface area (Å²) in [4.78, 5) is 23.8. The summed E-state index contributed by atoms with van der Waals surface area (Å²) in [6, 6.07) is 17.2. The van der Waals surface area contributed by atoms with E-state index in [1.54, 1.807) is 18.2 Å². The SMILES string of the molecule is C[C@@H](CCc1ccccc1)NC(=O)COC(=O)c1cccc(I)c1. The van der Waals surface area contributed by atoms with Gasteiger partial charge in [0.05, 0.1) is 5.56 Å². The van der Waals surface area contributed by atoms with Gasteiger partial charge in [-0.25, -0.2) is 4.79 Å². The van der Waals surface area contributed by atoms with E-state index in [9.17, 15) is 9.59 Å². The minimum absolute atomic E-state index is 0.0223. The first-order valence-corrected chi connectivity index (χ1v) is 8.88. The molecule has 0 saturated carbocycles. The number of ether oxygens (including phenoxy) is 1. The van der Waals surface area contributed by atoms with E-state index in [1.807, 2.05) is 31.2 Å². The quantitative estimate of drug-likeness (QED) is 0.532. The second-order valence-corrected chi connectivity index (χ2v) is 6.82. The summed E-state index contributed by atoms with van der Waals surface area (Å²) in [6.45, 7) is 1.68. The molecule has 0 aliphatic carbocycles. The van der Waals surface area contributed by atoms with Crippen molar-refractivity contribution in [3.63, 3.8) is 0 Å². The molecule has 0 aliphatic rings. The zero-order valence-electron chi connectivity index (χ0n) is 13.5. The average Bonchev–Trinajstić information content (AvgIpc) is 2.59. The van der Waals surface area contributed by atoms with Crippen molar-refractivity contribution in [3.8, 4) is 0 Å². The van der Waals surface area contributed by atoms with E-state index in [1.165, 1.54) is 5.56 Å². The number of benzene rings is 2. The van der Waals surface area contributed by atoms with Crippen LogP contribution >= 0.6 is 22.6 Å². The minimum Gasteiger partial charge on any atom is -0.452 e. The Hall–Kier alpha value is -1.89. The van der Waals surface area contributed by atoms with Gasteiger partial charge in [0.15, 0.2) is 6.61 Å². The van der Waals surface area contributed by atoms with Crippen LogP contribution in [0.4, 0.5) is 0 Å². The number of hydrogen-bond acceptors (Lipinski definition) is 3. The van der Waals surface area contributed by atoms with E-state index in [4.69, 9.17) is 4.74 Å². The molecule has 2 rings (SSSR count). The molecule has 2 aromatic rings. The van der Waals surface area contributed by atoms with E-state index in [0.29, 0.717) is 5.56 Å². The van der Waals surface area contributed by atoms with E-state index < -0.39 is 5.97 Å². The van der Waals surface area contributed by atoms with Crippen LogP contribution < -0.4 is 5.32 Å². The van der Waals surface area contributed by atoms with Gasteiger partial charge >= 0.3 is 5.97 Å². The summed E-state index contributed by atoms with van der Waals surface area (Å²) in [5.41, 5.74) is 1.69. The highest BCUT2D eigenvalue weighted by Gasteiger charge is 2.12. The molecular weight excluding hydrogens is 417 g/mol. The predicted molar refractivity (Wildman–Crippen MR) is 102 cm³/mol. The lowest BCUT2D eigenvalue weighted by Gasteiger charge is -2.14. The van der Waals surface area contributed by atoms with Gasteiger partial charge in [-0.2, -0.15) is 0 Å². The third-order valence-corrected chi connectivity index (χ3v) is 4.18. The van der Waals surface area contributed by atoms with Crippen molar-refractivity contribution < 1.29 is 14.3 Å². The van der Waals surface area contributed by atoms with Gasteiger partial charge in [0.25, 0.3) is 5.91 Å². The first kappa shape index (κ1) is 18.4. The molecule has 0 unspecified atom stereocenters. The van der Waals surface area contributed by atoms with Crippen LogP contribution in [0, 0.1) is 3.57 Å². The summed E-state index contributed by atoms with van der Waals surface area (Å²) in [7, 11) is 0. The largest absolute Gasteiger partial charge is 0.452 e. The van der Waals surface area contributed by atoms with Gasteiger partial charge in [-0.3, -0.25) is 4.79 Å². The van der Waals surface area contributed by atoms with E-state index >= 15 is 0 Å². The molecular formula is C19H20INO3. The number of nitrogens with one attached hydrogen (secondary N) is 1. The first-order valence-electron chi connectivity index (χ1n) is 7.80. The topological polar surface area (TPSA) is 55.4 Å². The minimum atomic E-state index is -0.486. The molecule has 0 saturated heterocycles. The molecule has 126 valence electrons.